The summed E-state index contributed by atoms with van der Waals surface area (Å²) in [4.78, 5) is 38.1. The van der Waals surface area contributed by atoms with E-state index in [2.05, 4.69) is 31.6 Å². The van der Waals surface area contributed by atoms with Gasteiger partial charge in [-0.25, -0.2) is 0 Å². The Bertz CT molecular complexity index is 902. The molecule has 30 heavy (non-hydrogen) atoms. The summed E-state index contributed by atoms with van der Waals surface area (Å²) in [6.45, 7) is 6.55. The van der Waals surface area contributed by atoms with Gasteiger partial charge in [-0.3, -0.25) is 25.2 Å². The molecular formula is C22H27N3O5. The molecule has 1 aromatic carbocycles. The zero-order valence-electron chi connectivity index (χ0n) is 17.4. The zero-order chi connectivity index (χ0) is 21.7. The molecule has 2 aromatic rings. The van der Waals surface area contributed by atoms with E-state index in [-0.39, 0.29) is 30.9 Å². The maximum absolute atomic E-state index is 12.3. The van der Waals surface area contributed by atoms with Crippen LogP contribution in [0.2, 0.25) is 0 Å². The van der Waals surface area contributed by atoms with Crippen molar-refractivity contribution in [1.29, 1.82) is 0 Å². The second-order valence-corrected chi connectivity index (χ2v) is 8.33. The maximum atomic E-state index is 12.3. The topological polar surface area (TPSA) is 101 Å². The first kappa shape index (κ1) is 21.4. The van der Waals surface area contributed by atoms with E-state index in [9.17, 15) is 14.4 Å². The molecular weight excluding hydrogens is 386 g/mol. The Hall–Kier alpha value is -3.29. The van der Waals surface area contributed by atoms with Gasteiger partial charge in [0.25, 0.3) is 5.91 Å². The van der Waals surface area contributed by atoms with Crippen molar-refractivity contribution in [3.8, 4) is 5.75 Å². The molecule has 8 nitrogen and oxygen atoms in total. The highest BCUT2D eigenvalue weighted by atomic mass is 16.5. The van der Waals surface area contributed by atoms with E-state index in [0.29, 0.717) is 18.1 Å². The lowest BCUT2D eigenvalue weighted by atomic mass is 9.86. The van der Waals surface area contributed by atoms with Crippen molar-refractivity contribution in [3.63, 3.8) is 0 Å². The number of likely N-dealkylation sites (tertiary alicyclic amines) is 1. The highest BCUT2D eigenvalue weighted by molar-refractivity contribution is 5.90. The van der Waals surface area contributed by atoms with Crippen molar-refractivity contribution in [2.75, 3.05) is 13.2 Å². The standard InChI is InChI=1S/C22H27N3O5/c1-22(2,3)17-8-4-5-9-18(17)30-14-19(26)23-24-21(28)15-11-20(27)25(12-15)13-16-7-6-10-29-16/h4-10,15H,11-14H2,1-3H3,(H,23,26)(H,24,28). The molecule has 1 aromatic heterocycles. The molecule has 1 atom stereocenters. The van der Waals surface area contributed by atoms with E-state index in [0.717, 1.165) is 5.56 Å². The van der Waals surface area contributed by atoms with Crippen LogP contribution in [0, 0.1) is 5.92 Å². The van der Waals surface area contributed by atoms with Crippen LogP contribution in [-0.4, -0.2) is 35.8 Å². The number of carbonyl (C=O) groups is 3. The summed E-state index contributed by atoms with van der Waals surface area (Å²) in [6, 6.07) is 11.1. The van der Waals surface area contributed by atoms with Crippen LogP contribution in [0.4, 0.5) is 0 Å². The molecule has 1 aliphatic rings. The van der Waals surface area contributed by atoms with Crippen molar-refractivity contribution in [1.82, 2.24) is 15.8 Å². The Morgan fingerprint density at radius 1 is 1.17 bits per heavy atom. The van der Waals surface area contributed by atoms with Gasteiger partial charge in [0.2, 0.25) is 11.8 Å². The largest absolute Gasteiger partial charge is 0.483 e. The summed E-state index contributed by atoms with van der Waals surface area (Å²) in [5.41, 5.74) is 5.60. The normalized spacial score (nSPS) is 16.4. The smallest absolute Gasteiger partial charge is 0.276 e. The molecule has 1 fully saturated rings. The predicted octanol–water partition coefficient (Wildman–Crippen LogP) is 2.15. The van der Waals surface area contributed by atoms with Gasteiger partial charge in [0.1, 0.15) is 11.5 Å². The molecule has 2 heterocycles. The number of hydrogen-bond acceptors (Lipinski definition) is 5. The molecule has 3 rings (SSSR count). The number of hydrazine groups is 1. The van der Waals surface area contributed by atoms with Gasteiger partial charge >= 0.3 is 0 Å². The Kier molecular flexibility index (Phi) is 6.44. The lowest BCUT2D eigenvalue weighted by molar-refractivity contribution is -0.132. The van der Waals surface area contributed by atoms with Crippen molar-refractivity contribution in [2.24, 2.45) is 5.92 Å². The van der Waals surface area contributed by atoms with Crippen LogP contribution in [0.3, 0.4) is 0 Å². The number of ether oxygens (including phenoxy) is 1. The molecule has 0 aliphatic carbocycles. The van der Waals surface area contributed by atoms with Gasteiger partial charge < -0.3 is 14.1 Å². The number of nitrogens with zero attached hydrogens (tertiary/aromatic N) is 1. The molecule has 0 bridgehead atoms. The second-order valence-electron chi connectivity index (χ2n) is 8.33. The summed E-state index contributed by atoms with van der Waals surface area (Å²) in [5.74, 6) is -0.264. The van der Waals surface area contributed by atoms with Crippen LogP contribution in [0.1, 0.15) is 38.5 Å². The number of rotatable bonds is 6. The minimum absolute atomic E-state index is 0.0951. The maximum Gasteiger partial charge on any atom is 0.276 e. The van der Waals surface area contributed by atoms with Gasteiger partial charge in [0.15, 0.2) is 6.61 Å². The third-order valence-corrected chi connectivity index (χ3v) is 4.89. The number of amides is 3. The molecule has 1 unspecified atom stereocenters. The third-order valence-electron chi connectivity index (χ3n) is 4.89. The Balaban J connectivity index is 1.45. The number of hydrogen-bond donors (Lipinski definition) is 2. The number of carbonyl (C=O) groups excluding carboxylic acids is 3. The van der Waals surface area contributed by atoms with E-state index < -0.39 is 17.7 Å². The van der Waals surface area contributed by atoms with Crippen molar-refractivity contribution >= 4 is 17.7 Å². The first-order valence-electron chi connectivity index (χ1n) is 9.85. The van der Waals surface area contributed by atoms with E-state index >= 15 is 0 Å². The van der Waals surface area contributed by atoms with Gasteiger partial charge in [-0.15, -0.1) is 0 Å². The Morgan fingerprint density at radius 3 is 2.63 bits per heavy atom. The minimum atomic E-state index is -0.532. The minimum Gasteiger partial charge on any atom is -0.483 e. The van der Waals surface area contributed by atoms with Crippen LogP contribution >= 0.6 is 0 Å². The summed E-state index contributed by atoms with van der Waals surface area (Å²) in [7, 11) is 0. The average molecular weight is 413 g/mol. The number of nitrogens with one attached hydrogen (secondary N) is 2. The zero-order valence-corrected chi connectivity index (χ0v) is 17.4. The Labute approximate surface area is 175 Å². The van der Waals surface area contributed by atoms with E-state index in [1.165, 1.54) is 6.26 Å². The van der Waals surface area contributed by atoms with Crippen molar-refractivity contribution in [3.05, 3.63) is 54.0 Å². The van der Waals surface area contributed by atoms with E-state index in [1.54, 1.807) is 17.0 Å². The fourth-order valence-electron chi connectivity index (χ4n) is 3.32. The fourth-order valence-corrected chi connectivity index (χ4v) is 3.32. The molecule has 8 heteroatoms. The molecule has 0 spiro atoms. The van der Waals surface area contributed by atoms with Crippen molar-refractivity contribution < 1.29 is 23.5 Å². The summed E-state index contributed by atoms with van der Waals surface area (Å²) in [5, 5.41) is 0. The third kappa shape index (κ3) is 5.40. The summed E-state index contributed by atoms with van der Waals surface area (Å²) in [6.07, 6.45) is 1.63. The summed E-state index contributed by atoms with van der Waals surface area (Å²) >= 11 is 0. The molecule has 0 saturated carbocycles. The van der Waals surface area contributed by atoms with E-state index in [1.807, 2.05) is 24.3 Å². The van der Waals surface area contributed by atoms with Gasteiger partial charge in [-0.2, -0.15) is 0 Å². The van der Waals surface area contributed by atoms with Crippen LogP contribution in [0.15, 0.2) is 47.1 Å². The lowest BCUT2D eigenvalue weighted by Gasteiger charge is -2.22. The van der Waals surface area contributed by atoms with Gasteiger partial charge in [0, 0.05) is 13.0 Å². The van der Waals surface area contributed by atoms with Gasteiger partial charge in [0.05, 0.1) is 18.7 Å². The number of benzene rings is 1. The molecule has 2 N–H and O–H groups in total. The summed E-state index contributed by atoms with van der Waals surface area (Å²) < 4.78 is 10.9. The van der Waals surface area contributed by atoms with Crippen LogP contribution < -0.4 is 15.6 Å². The average Bonchev–Trinajstić information content (AvgIpc) is 3.34. The first-order chi connectivity index (χ1) is 14.2. The Morgan fingerprint density at radius 2 is 1.93 bits per heavy atom. The SMILES string of the molecule is CC(C)(C)c1ccccc1OCC(=O)NNC(=O)C1CC(=O)N(Cc2ccco2)C1. The fraction of sp³-hybridized carbons (Fsp3) is 0.409. The molecule has 0 radical (unpaired) electrons. The van der Waals surface area contributed by atoms with Crippen LogP contribution in [-0.2, 0) is 26.3 Å². The van der Waals surface area contributed by atoms with Gasteiger partial charge in [-0.1, -0.05) is 39.0 Å². The van der Waals surface area contributed by atoms with Gasteiger partial charge in [-0.05, 0) is 29.2 Å². The number of furan rings is 1. The molecule has 1 saturated heterocycles. The lowest BCUT2D eigenvalue weighted by Crippen LogP contribution is -2.46. The van der Waals surface area contributed by atoms with E-state index in [4.69, 9.17) is 9.15 Å². The monoisotopic (exact) mass is 413 g/mol. The van der Waals surface area contributed by atoms with Crippen molar-refractivity contribution in [2.45, 2.75) is 39.2 Å². The quantitative estimate of drug-likeness (QED) is 0.707. The predicted molar refractivity (Wildman–Crippen MR) is 109 cm³/mol. The highest BCUT2D eigenvalue weighted by Gasteiger charge is 2.34. The molecule has 1 aliphatic heterocycles. The number of para-hydroxylation sites is 1. The van der Waals surface area contributed by atoms with Crippen LogP contribution in [0.25, 0.3) is 0 Å². The first-order valence-corrected chi connectivity index (χ1v) is 9.85. The molecule has 3 amide bonds. The second kappa shape index (κ2) is 9.02. The molecule has 160 valence electrons. The van der Waals surface area contributed by atoms with Crippen LogP contribution in [0.5, 0.6) is 5.75 Å². The highest BCUT2D eigenvalue weighted by Crippen LogP contribution is 2.30.